The molecule has 0 saturated carbocycles. The molecule has 0 bridgehead atoms. The molecule has 2 aromatic rings. The molecule has 196 valence electrons. The van der Waals surface area contributed by atoms with Crippen molar-refractivity contribution in [3.05, 3.63) is 41.2 Å². The third-order valence-electron chi connectivity index (χ3n) is 5.46. The van der Waals surface area contributed by atoms with Gasteiger partial charge in [-0.05, 0) is 64.3 Å². The summed E-state index contributed by atoms with van der Waals surface area (Å²) >= 11 is 0. The van der Waals surface area contributed by atoms with E-state index < -0.39 is 47.2 Å². The maximum absolute atomic E-state index is 13.5. The van der Waals surface area contributed by atoms with Crippen molar-refractivity contribution in [2.45, 2.75) is 71.3 Å². The number of halogens is 3. The van der Waals surface area contributed by atoms with Crippen molar-refractivity contribution in [3.8, 4) is 5.75 Å². The van der Waals surface area contributed by atoms with Gasteiger partial charge < -0.3 is 19.9 Å². The highest BCUT2D eigenvalue weighted by molar-refractivity contribution is 5.91. The van der Waals surface area contributed by atoms with E-state index in [4.69, 9.17) is 9.47 Å². The molecule has 0 aliphatic carbocycles. The SMILES string of the molecule is CCOC(=O)N1c2ccc(C(F)(F)F)cc2[C@@H](Nc2ncc(O)c(C(=O)OC(C)(C)C)n2)C[C@H]1CC. The minimum atomic E-state index is -4.60. The van der Waals surface area contributed by atoms with Gasteiger partial charge in [-0.1, -0.05) is 6.92 Å². The van der Waals surface area contributed by atoms with Crippen LogP contribution in [0.25, 0.3) is 0 Å². The van der Waals surface area contributed by atoms with Gasteiger partial charge in [-0.15, -0.1) is 0 Å². The Kier molecular flexibility index (Phi) is 7.65. The summed E-state index contributed by atoms with van der Waals surface area (Å²) in [7, 11) is 0. The van der Waals surface area contributed by atoms with E-state index in [9.17, 15) is 27.9 Å². The largest absolute Gasteiger partial charge is 0.504 e. The molecule has 1 aliphatic heterocycles. The van der Waals surface area contributed by atoms with E-state index in [1.807, 2.05) is 6.92 Å². The van der Waals surface area contributed by atoms with Crippen LogP contribution >= 0.6 is 0 Å². The Hall–Kier alpha value is -3.57. The minimum Gasteiger partial charge on any atom is -0.504 e. The predicted octanol–water partition coefficient (Wildman–Crippen LogP) is 5.45. The van der Waals surface area contributed by atoms with Crippen molar-refractivity contribution < 1.29 is 37.3 Å². The molecule has 9 nitrogen and oxygen atoms in total. The molecule has 2 heterocycles. The summed E-state index contributed by atoms with van der Waals surface area (Å²) in [5.74, 6) is -1.48. The first-order valence-corrected chi connectivity index (χ1v) is 11.5. The lowest BCUT2D eigenvalue weighted by molar-refractivity contribution is -0.137. The van der Waals surface area contributed by atoms with Gasteiger partial charge in [0.05, 0.1) is 30.1 Å². The molecular formula is C24H29F3N4O5. The van der Waals surface area contributed by atoms with Crippen LogP contribution in [-0.2, 0) is 15.7 Å². The zero-order valence-corrected chi connectivity index (χ0v) is 20.6. The van der Waals surface area contributed by atoms with Crippen molar-refractivity contribution in [2.75, 3.05) is 16.8 Å². The average Bonchev–Trinajstić information content (AvgIpc) is 2.77. The summed E-state index contributed by atoms with van der Waals surface area (Å²) in [6.07, 6.45) is -3.54. The van der Waals surface area contributed by atoms with Gasteiger partial charge in [-0.2, -0.15) is 13.2 Å². The van der Waals surface area contributed by atoms with E-state index >= 15 is 0 Å². The van der Waals surface area contributed by atoms with Gasteiger partial charge in [-0.3, -0.25) is 4.90 Å². The van der Waals surface area contributed by atoms with Crippen LogP contribution < -0.4 is 10.2 Å². The van der Waals surface area contributed by atoms with Gasteiger partial charge in [0.2, 0.25) is 5.95 Å². The van der Waals surface area contributed by atoms with E-state index in [0.29, 0.717) is 6.42 Å². The number of ether oxygens (including phenoxy) is 2. The number of rotatable bonds is 5. The summed E-state index contributed by atoms with van der Waals surface area (Å²) in [5, 5.41) is 13.1. The van der Waals surface area contributed by atoms with Crippen molar-refractivity contribution in [1.82, 2.24) is 9.97 Å². The number of anilines is 2. The summed E-state index contributed by atoms with van der Waals surface area (Å²) < 4.78 is 51.0. The first-order chi connectivity index (χ1) is 16.7. The fraction of sp³-hybridized carbons (Fsp3) is 0.500. The quantitative estimate of drug-likeness (QED) is 0.510. The number of fused-ring (bicyclic) bond motifs is 1. The van der Waals surface area contributed by atoms with Crippen molar-refractivity contribution in [2.24, 2.45) is 0 Å². The molecule has 0 saturated heterocycles. The standard InChI is InChI=1S/C24H29F3N4O5/c1-6-14-11-16(29-21-28-12-18(32)19(30-21)20(33)36-23(3,4)5)15-10-13(24(25,26)27)8-9-17(15)31(14)22(34)35-7-2/h8-10,12,14,16,32H,6-7,11H2,1-5H3,(H,28,29,30)/t14-,16+/m1/s1. The van der Waals surface area contributed by atoms with Crippen LogP contribution in [0.3, 0.4) is 0 Å². The predicted molar refractivity (Wildman–Crippen MR) is 125 cm³/mol. The van der Waals surface area contributed by atoms with Crippen LogP contribution in [0.4, 0.5) is 29.6 Å². The Morgan fingerprint density at radius 2 is 1.92 bits per heavy atom. The molecule has 2 N–H and O–H groups in total. The van der Waals surface area contributed by atoms with Gasteiger partial charge in [0.25, 0.3) is 0 Å². The number of carbonyl (C=O) groups excluding carboxylic acids is 2. The van der Waals surface area contributed by atoms with Gasteiger partial charge in [-0.25, -0.2) is 19.6 Å². The number of esters is 1. The van der Waals surface area contributed by atoms with Crippen molar-refractivity contribution in [1.29, 1.82) is 0 Å². The Balaban J connectivity index is 2.04. The second-order valence-electron chi connectivity index (χ2n) is 9.26. The van der Waals surface area contributed by atoms with Crippen molar-refractivity contribution in [3.63, 3.8) is 0 Å². The number of nitrogens with zero attached hydrogens (tertiary/aromatic N) is 3. The van der Waals surface area contributed by atoms with E-state index in [0.717, 1.165) is 18.3 Å². The number of aromatic nitrogens is 2. The first-order valence-electron chi connectivity index (χ1n) is 11.5. The number of aromatic hydroxyl groups is 1. The van der Waals surface area contributed by atoms with Gasteiger partial charge in [0.15, 0.2) is 11.4 Å². The zero-order chi connectivity index (χ0) is 26.8. The van der Waals surface area contributed by atoms with E-state index in [1.54, 1.807) is 27.7 Å². The summed E-state index contributed by atoms with van der Waals surface area (Å²) in [4.78, 5) is 34.6. The minimum absolute atomic E-state index is 0.0959. The highest BCUT2D eigenvalue weighted by Gasteiger charge is 2.39. The lowest BCUT2D eigenvalue weighted by atomic mass is 9.89. The van der Waals surface area contributed by atoms with Gasteiger partial charge >= 0.3 is 18.2 Å². The Morgan fingerprint density at radius 1 is 1.22 bits per heavy atom. The molecule has 1 aliphatic rings. The van der Waals surface area contributed by atoms with Crippen LogP contribution in [0.2, 0.25) is 0 Å². The topological polar surface area (TPSA) is 114 Å². The molecule has 1 aromatic heterocycles. The fourth-order valence-electron chi connectivity index (χ4n) is 3.93. The summed E-state index contributed by atoms with van der Waals surface area (Å²) in [6, 6.07) is 2.00. The van der Waals surface area contributed by atoms with Crippen LogP contribution in [0, 0.1) is 0 Å². The summed E-state index contributed by atoms with van der Waals surface area (Å²) in [5.41, 5.74) is -1.65. The van der Waals surface area contributed by atoms with E-state index in [1.165, 1.54) is 11.0 Å². The van der Waals surface area contributed by atoms with E-state index in [-0.39, 0.29) is 35.9 Å². The maximum Gasteiger partial charge on any atom is 0.416 e. The number of carbonyl (C=O) groups is 2. The molecule has 2 atom stereocenters. The molecule has 36 heavy (non-hydrogen) atoms. The number of hydrogen-bond donors (Lipinski definition) is 2. The molecule has 0 unspecified atom stereocenters. The third-order valence-corrected chi connectivity index (χ3v) is 5.46. The van der Waals surface area contributed by atoms with Gasteiger partial charge in [0.1, 0.15) is 5.60 Å². The first kappa shape index (κ1) is 27.0. The molecule has 1 aromatic carbocycles. The number of hydrogen-bond acceptors (Lipinski definition) is 8. The number of amides is 1. The smallest absolute Gasteiger partial charge is 0.416 e. The zero-order valence-electron chi connectivity index (χ0n) is 20.6. The lowest BCUT2D eigenvalue weighted by Crippen LogP contribution is -2.46. The lowest BCUT2D eigenvalue weighted by Gasteiger charge is -2.40. The Bertz CT molecular complexity index is 1130. The van der Waals surface area contributed by atoms with Crippen LogP contribution in [0.1, 0.15) is 75.1 Å². The monoisotopic (exact) mass is 510 g/mol. The van der Waals surface area contributed by atoms with Crippen molar-refractivity contribution >= 4 is 23.7 Å². The summed E-state index contributed by atoms with van der Waals surface area (Å²) in [6.45, 7) is 8.56. The van der Waals surface area contributed by atoms with E-state index in [2.05, 4.69) is 15.3 Å². The van der Waals surface area contributed by atoms with Crippen LogP contribution in [-0.4, -0.2) is 45.4 Å². The highest BCUT2D eigenvalue weighted by atomic mass is 19.4. The average molecular weight is 511 g/mol. The fourth-order valence-corrected chi connectivity index (χ4v) is 3.93. The maximum atomic E-state index is 13.5. The van der Waals surface area contributed by atoms with Gasteiger partial charge in [0, 0.05) is 6.04 Å². The molecule has 12 heteroatoms. The third kappa shape index (κ3) is 5.97. The second-order valence-corrected chi connectivity index (χ2v) is 9.26. The molecular weight excluding hydrogens is 481 g/mol. The number of benzene rings is 1. The molecule has 1 amide bonds. The normalized spacial score (nSPS) is 17.8. The Labute approximate surface area is 206 Å². The van der Waals surface area contributed by atoms with Crippen LogP contribution in [0.15, 0.2) is 24.4 Å². The highest BCUT2D eigenvalue weighted by Crippen LogP contribution is 2.43. The molecule has 3 rings (SSSR count). The molecule has 0 radical (unpaired) electrons. The van der Waals surface area contributed by atoms with Crippen LogP contribution in [0.5, 0.6) is 5.75 Å². The second kappa shape index (κ2) is 10.2. The molecule has 0 spiro atoms. The number of alkyl halides is 3. The molecule has 0 fully saturated rings. The Morgan fingerprint density at radius 3 is 2.50 bits per heavy atom. The number of nitrogens with one attached hydrogen (secondary N) is 1.